The molecule has 4 rings (SSSR count). The van der Waals surface area contributed by atoms with E-state index in [9.17, 15) is 0 Å². The maximum Gasteiger partial charge on any atom is 0.103 e. The Morgan fingerprint density at radius 1 is 1.06 bits per heavy atom. The van der Waals surface area contributed by atoms with Gasteiger partial charge in [-0.25, -0.2) is 0 Å². The number of hydrogen-bond acceptors (Lipinski definition) is 6. The minimum absolute atomic E-state index is 0. The Balaban J connectivity index is 0.00000272. The van der Waals surface area contributed by atoms with Crippen molar-refractivity contribution < 1.29 is 5.11 Å². The molecule has 6 nitrogen and oxygen atoms in total. The lowest BCUT2D eigenvalue weighted by Gasteiger charge is -2.19. The fraction of sp³-hybridized carbons (Fsp3) is 0.435. The quantitative estimate of drug-likeness (QED) is 0.294. The highest BCUT2D eigenvalue weighted by molar-refractivity contribution is 8.00. The summed E-state index contributed by atoms with van der Waals surface area (Å²) in [6.45, 7) is 10.9. The molecule has 0 saturated carbocycles. The molecule has 0 amide bonds. The van der Waals surface area contributed by atoms with Crippen LogP contribution in [0.1, 0.15) is 13.8 Å². The van der Waals surface area contributed by atoms with Crippen LogP contribution in [0, 0.1) is 0 Å². The van der Waals surface area contributed by atoms with Gasteiger partial charge in [-0.15, -0.1) is 12.4 Å². The number of benzene rings is 2. The zero-order valence-electron chi connectivity index (χ0n) is 18.2. The lowest BCUT2D eigenvalue weighted by molar-refractivity contribution is 0.287. The second-order valence-electron chi connectivity index (χ2n) is 7.43. The molecular weight excluding hydrogens is 430 g/mol. The van der Waals surface area contributed by atoms with E-state index in [2.05, 4.69) is 70.5 Å². The molecule has 8 heteroatoms. The summed E-state index contributed by atoms with van der Waals surface area (Å²) in [6.07, 6.45) is 0. The maximum absolute atomic E-state index is 8.93. The van der Waals surface area contributed by atoms with Crippen LogP contribution in [0.2, 0.25) is 0 Å². The number of aromatic nitrogens is 2. The third-order valence-corrected chi connectivity index (χ3v) is 6.86. The first-order valence-corrected chi connectivity index (χ1v) is 11.7. The molecule has 1 aliphatic rings. The fourth-order valence-electron chi connectivity index (χ4n) is 3.97. The van der Waals surface area contributed by atoms with E-state index < -0.39 is 0 Å². The number of anilines is 1. The van der Waals surface area contributed by atoms with E-state index in [1.807, 2.05) is 11.8 Å². The molecule has 168 valence electrons. The van der Waals surface area contributed by atoms with Gasteiger partial charge in [0.15, 0.2) is 0 Å². The van der Waals surface area contributed by atoms with Crippen LogP contribution in [-0.2, 0) is 6.54 Å². The predicted molar refractivity (Wildman–Crippen MR) is 133 cm³/mol. The van der Waals surface area contributed by atoms with Gasteiger partial charge in [-0.3, -0.25) is 4.68 Å². The third-order valence-electron chi connectivity index (χ3n) is 5.65. The number of rotatable bonds is 11. The lowest BCUT2D eigenvalue weighted by atomic mass is 10.1. The van der Waals surface area contributed by atoms with Crippen molar-refractivity contribution in [1.82, 2.24) is 20.0 Å². The second kappa shape index (κ2) is 11.2. The summed E-state index contributed by atoms with van der Waals surface area (Å²) in [5, 5.41) is 22.1. The van der Waals surface area contributed by atoms with Crippen LogP contribution >= 0.6 is 24.2 Å². The highest BCUT2D eigenvalue weighted by Crippen LogP contribution is 2.50. The van der Waals surface area contributed by atoms with Crippen molar-refractivity contribution in [3.05, 3.63) is 36.4 Å². The van der Waals surface area contributed by atoms with Gasteiger partial charge < -0.3 is 20.6 Å². The van der Waals surface area contributed by atoms with E-state index in [-0.39, 0.29) is 19.0 Å². The first-order valence-electron chi connectivity index (χ1n) is 10.8. The molecule has 1 aromatic heterocycles. The van der Waals surface area contributed by atoms with Gasteiger partial charge in [0, 0.05) is 52.6 Å². The van der Waals surface area contributed by atoms with Gasteiger partial charge in [0.05, 0.1) is 18.7 Å². The van der Waals surface area contributed by atoms with Gasteiger partial charge in [0.2, 0.25) is 0 Å². The Morgan fingerprint density at radius 3 is 2.65 bits per heavy atom. The number of fused-ring (bicyclic) bond motifs is 2. The number of halogens is 1. The van der Waals surface area contributed by atoms with Crippen molar-refractivity contribution >= 4 is 40.8 Å². The van der Waals surface area contributed by atoms with Gasteiger partial charge in [-0.1, -0.05) is 43.8 Å². The van der Waals surface area contributed by atoms with E-state index in [1.54, 1.807) is 0 Å². The van der Waals surface area contributed by atoms with Crippen LogP contribution in [0.3, 0.4) is 0 Å². The number of aliphatic hydroxyl groups is 1. The lowest BCUT2D eigenvalue weighted by Crippen LogP contribution is -2.27. The van der Waals surface area contributed by atoms with Gasteiger partial charge in [0.25, 0.3) is 0 Å². The number of aliphatic hydroxyl groups excluding tert-OH is 1. The van der Waals surface area contributed by atoms with Crippen LogP contribution in [0.4, 0.5) is 5.69 Å². The van der Waals surface area contributed by atoms with Crippen LogP contribution in [0.5, 0.6) is 0 Å². The van der Waals surface area contributed by atoms with E-state index >= 15 is 0 Å². The van der Waals surface area contributed by atoms with Gasteiger partial charge in [0.1, 0.15) is 5.69 Å². The average molecular weight is 462 g/mol. The summed E-state index contributed by atoms with van der Waals surface area (Å²) in [7, 11) is 0. The minimum Gasteiger partial charge on any atom is -0.395 e. The molecule has 3 N–H and O–H groups in total. The normalized spacial score (nSPS) is 12.1. The van der Waals surface area contributed by atoms with Crippen molar-refractivity contribution in [2.75, 3.05) is 51.2 Å². The summed E-state index contributed by atoms with van der Waals surface area (Å²) in [5.74, 6) is 0. The van der Waals surface area contributed by atoms with Crippen molar-refractivity contribution in [1.29, 1.82) is 0 Å². The van der Waals surface area contributed by atoms with Gasteiger partial charge in [-0.2, -0.15) is 5.10 Å². The van der Waals surface area contributed by atoms with Crippen LogP contribution < -0.4 is 10.6 Å². The monoisotopic (exact) mass is 461 g/mol. The predicted octanol–water partition coefficient (Wildman–Crippen LogP) is 3.93. The molecule has 0 atom stereocenters. The van der Waals surface area contributed by atoms with Crippen molar-refractivity contribution in [2.24, 2.45) is 0 Å². The molecule has 31 heavy (non-hydrogen) atoms. The molecule has 0 saturated heterocycles. The summed E-state index contributed by atoms with van der Waals surface area (Å²) in [5.41, 5.74) is 4.68. The van der Waals surface area contributed by atoms with E-state index in [0.29, 0.717) is 6.54 Å². The molecule has 3 aromatic rings. The fourth-order valence-corrected chi connectivity index (χ4v) is 5.17. The number of nitrogens with one attached hydrogen (secondary N) is 2. The molecule has 0 spiro atoms. The summed E-state index contributed by atoms with van der Waals surface area (Å²) < 4.78 is 2.18. The highest BCUT2D eigenvalue weighted by atomic mass is 35.5. The van der Waals surface area contributed by atoms with E-state index in [0.717, 1.165) is 50.6 Å². The summed E-state index contributed by atoms with van der Waals surface area (Å²) in [4.78, 5) is 4.96. The van der Waals surface area contributed by atoms with Crippen molar-refractivity contribution in [3.63, 3.8) is 0 Å². The minimum atomic E-state index is 0. The number of nitrogens with zero attached hydrogens (tertiary/aromatic N) is 3. The topological polar surface area (TPSA) is 65.4 Å². The molecule has 0 radical (unpaired) electrons. The third kappa shape index (κ3) is 5.02. The Kier molecular flexibility index (Phi) is 8.63. The molecule has 1 aliphatic heterocycles. The Bertz CT molecular complexity index is 1010. The largest absolute Gasteiger partial charge is 0.395 e. The first-order chi connectivity index (χ1) is 14.8. The average Bonchev–Trinajstić information content (AvgIpc) is 3.15. The Morgan fingerprint density at radius 2 is 1.87 bits per heavy atom. The highest BCUT2D eigenvalue weighted by Gasteiger charge is 2.25. The van der Waals surface area contributed by atoms with E-state index in [1.165, 1.54) is 26.3 Å². The summed E-state index contributed by atoms with van der Waals surface area (Å²) >= 11 is 1.83. The Hall–Kier alpha value is -1.77. The van der Waals surface area contributed by atoms with Crippen LogP contribution in [-0.4, -0.2) is 65.7 Å². The standard InChI is InChI=1S/C23H31N5OS.ClH/c1-3-27(4-2)14-15-28-19-10-9-18(25-12-11-24-13-16-29)23-21(19)22(26-28)17-7-5-6-8-20(17)30-23;/h5-10,24-25,29H,3-4,11-16H2,1-2H3;1H. The molecule has 0 aliphatic carbocycles. The zero-order chi connectivity index (χ0) is 20.9. The second-order valence-corrected chi connectivity index (χ2v) is 8.49. The number of hydrogen-bond donors (Lipinski definition) is 3. The van der Waals surface area contributed by atoms with Crippen molar-refractivity contribution in [2.45, 2.75) is 30.2 Å². The van der Waals surface area contributed by atoms with Crippen LogP contribution in [0.15, 0.2) is 46.2 Å². The van der Waals surface area contributed by atoms with Gasteiger partial charge in [-0.05, 0) is 31.3 Å². The zero-order valence-corrected chi connectivity index (χ0v) is 19.9. The molecule has 0 unspecified atom stereocenters. The Labute approximate surface area is 194 Å². The SMILES string of the molecule is CCN(CC)CCn1nc2c3c(c(NCCNCCO)ccc31)Sc1ccccc1-2.Cl. The maximum atomic E-state index is 8.93. The van der Waals surface area contributed by atoms with Crippen LogP contribution in [0.25, 0.3) is 22.2 Å². The summed E-state index contributed by atoms with van der Waals surface area (Å²) in [6, 6.07) is 12.9. The molecule has 0 fully saturated rings. The molecular formula is C23H32ClN5OS. The number of likely N-dealkylation sites (N-methyl/N-ethyl adjacent to an activating group) is 1. The van der Waals surface area contributed by atoms with Gasteiger partial charge >= 0.3 is 0 Å². The van der Waals surface area contributed by atoms with Crippen molar-refractivity contribution in [3.8, 4) is 11.3 Å². The van der Waals surface area contributed by atoms with E-state index in [4.69, 9.17) is 10.2 Å². The molecule has 0 bridgehead atoms. The first kappa shape index (κ1) is 23.9. The molecule has 2 heterocycles. The molecule has 2 aromatic carbocycles. The smallest absolute Gasteiger partial charge is 0.103 e.